The van der Waals surface area contributed by atoms with Crippen LogP contribution in [-0.2, 0) is 4.74 Å². The molecular formula is C9H15F2N3O3. The molecule has 0 aromatic heterocycles. The first-order valence-electron chi connectivity index (χ1n) is 5.23. The van der Waals surface area contributed by atoms with Crippen LogP contribution in [0.5, 0.6) is 0 Å². The standard InChI is InChI=1S/C9H15F2N3O3/c1-6-3-7(5-17-6)4-13-8(12-2)9(10,11)14(15)16/h6-7H,3-5H2,1-2H3,(H,12,13). The van der Waals surface area contributed by atoms with Gasteiger partial charge in [-0.25, -0.2) is 0 Å². The van der Waals surface area contributed by atoms with Gasteiger partial charge in [-0.3, -0.25) is 15.1 Å². The SMILES string of the molecule is CN=C(NCC1COC(C)C1)C(F)(F)[N+](=O)[O-]. The molecule has 1 N–H and O–H groups in total. The molecule has 1 aliphatic rings. The summed E-state index contributed by atoms with van der Waals surface area (Å²) in [6.07, 6.45) is 0.841. The molecule has 0 aromatic rings. The maximum atomic E-state index is 13.0. The van der Waals surface area contributed by atoms with E-state index in [1.807, 2.05) is 6.92 Å². The van der Waals surface area contributed by atoms with Crippen LogP contribution in [0, 0.1) is 16.0 Å². The molecule has 17 heavy (non-hydrogen) atoms. The minimum atomic E-state index is -4.17. The number of hydrogen-bond acceptors (Lipinski definition) is 4. The average Bonchev–Trinajstić information content (AvgIpc) is 2.64. The number of aliphatic imine (C=N–C) groups is 1. The van der Waals surface area contributed by atoms with E-state index in [0.717, 1.165) is 13.5 Å². The Labute approximate surface area is 97.2 Å². The number of nitro groups is 1. The van der Waals surface area contributed by atoms with Crippen molar-refractivity contribution in [1.82, 2.24) is 5.32 Å². The molecule has 1 saturated heterocycles. The zero-order valence-electron chi connectivity index (χ0n) is 9.65. The summed E-state index contributed by atoms with van der Waals surface area (Å²) in [5.74, 6) is -0.841. The van der Waals surface area contributed by atoms with Gasteiger partial charge in [0.25, 0.3) is 5.84 Å². The van der Waals surface area contributed by atoms with Gasteiger partial charge in [0.15, 0.2) is 0 Å². The van der Waals surface area contributed by atoms with E-state index in [9.17, 15) is 18.9 Å². The highest BCUT2D eigenvalue weighted by atomic mass is 19.3. The number of rotatable bonds is 4. The Kier molecular flexibility index (Phi) is 4.33. The van der Waals surface area contributed by atoms with Crippen molar-refractivity contribution in [3.8, 4) is 0 Å². The minimum absolute atomic E-state index is 0.0734. The Bertz CT molecular complexity index is 323. The molecule has 1 heterocycles. The number of nitrogens with zero attached hydrogens (tertiary/aromatic N) is 2. The summed E-state index contributed by atoms with van der Waals surface area (Å²) in [4.78, 5) is 11.8. The van der Waals surface area contributed by atoms with Crippen molar-refractivity contribution in [1.29, 1.82) is 0 Å². The van der Waals surface area contributed by atoms with Crippen LogP contribution in [0.25, 0.3) is 0 Å². The normalized spacial score (nSPS) is 26.0. The molecule has 0 saturated carbocycles. The first-order valence-corrected chi connectivity index (χ1v) is 5.23. The summed E-state index contributed by atoms with van der Waals surface area (Å²) >= 11 is 0. The monoisotopic (exact) mass is 251 g/mol. The lowest BCUT2D eigenvalue weighted by Crippen LogP contribution is -2.47. The molecule has 0 bridgehead atoms. The maximum absolute atomic E-state index is 13.0. The number of alkyl halides is 2. The first kappa shape index (κ1) is 13.8. The number of nitrogens with one attached hydrogen (secondary N) is 1. The Morgan fingerprint density at radius 3 is 2.76 bits per heavy atom. The summed E-state index contributed by atoms with van der Waals surface area (Å²) in [6, 6.07) is -4.17. The molecule has 1 aliphatic heterocycles. The van der Waals surface area contributed by atoms with E-state index in [1.54, 1.807) is 0 Å². The zero-order valence-corrected chi connectivity index (χ0v) is 9.65. The summed E-state index contributed by atoms with van der Waals surface area (Å²) in [7, 11) is 1.09. The van der Waals surface area contributed by atoms with Gasteiger partial charge in [0.2, 0.25) is 0 Å². The van der Waals surface area contributed by atoms with Crippen molar-refractivity contribution >= 4 is 5.84 Å². The largest absolute Gasteiger partial charge is 0.571 e. The van der Waals surface area contributed by atoms with Gasteiger partial charge < -0.3 is 10.1 Å². The number of halogens is 2. The van der Waals surface area contributed by atoms with Gasteiger partial charge in [-0.15, -0.1) is 8.78 Å². The van der Waals surface area contributed by atoms with Crippen LogP contribution < -0.4 is 5.32 Å². The third kappa shape index (κ3) is 3.32. The van der Waals surface area contributed by atoms with Gasteiger partial charge in [0.05, 0.1) is 12.7 Å². The van der Waals surface area contributed by atoms with Gasteiger partial charge in [0, 0.05) is 19.5 Å². The summed E-state index contributed by atoms with van der Waals surface area (Å²) in [5.41, 5.74) is 0. The molecule has 6 nitrogen and oxygen atoms in total. The Morgan fingerprint density at radius 1 is 1.71 bits per heavy atom. The van der Waals surface area contributed by atoms with E-state index < -0.39 is 16.8 Å². The highest BCUT2D eigenvalue weighted by Crippen LogP contribution is 2.19. The fraction of sp³-hybridized carbons (Fsp3) is 0.889. The molecule has 0 aliphatic carbocycles. The van der Waals surface area contributed by atoms with Crippen LogP contribution in [-0.4, -0.2) is 43.1 Å². The predicted molar refractivity (Wildman–Crippen MR) is 56.8 cm³/mol. The topological polar surface area (TPSA) is 76.8 Å². The molecule has 1 fully saturated rings. The predicted octanol–water partition coefficient (Wildman–Crippen LogP) is 0.899. The van der Waals surface area contributed by atoms with E-state index in [1.165, 1.54) is 0 Å². The van der Waals surface area contributed by atoms with Gasteiger partial charge in [-0.2, -0.15) is 0 Å². The van der Waals surface area contributed by atoms with Crippen LogP contribution in [0.4, 0.5) is 8.78 Å². The first-order chi connectivity index (χ1) is 7.87. The second kappa shape index (κ2) is 5.35. The number of hydrogen-bond donors (Lipinski definition) is 1. The van der Waals surface area contributed by atoms with Crippen molar-refractivity contribution in [3.05, 3.63) is 10.1 Å². The average molecular weight is 251 g/mol. The van der Waals surface area contributed by atoms with Crippen LogP contribution in [0.3, 0.4) is 0 Å². The van der Waals surface area contributed by atoms with Crippen molar-refractivity contribution < 1.29 is 18.4 Å². The van der Waals surface area contributed by atoms with Gasteiger partial charge in [0.1, 0.15) is 4.92 Å². The number of ether oxygens (including phenoxy) is 1. The van der Waals surface area contributed by atoms with Crippen LogP contribution in [0.2, 0.25) is 0 Å². The molecule has 2 atom stereocenters. The highest BCUT2D eigenvalue weighted by Gasteiger charge is 2.50. The third-order valence-electron chi connectivity index (χ3n) is 2.58. The lowest BCUT2D eigenvalue weighted by Gasteiger charge is -2.14. The lowest BCUT2D eigenvalue weighted by atomic mass is 10.1. The molecule has 0 amide bonds. The highest BCUT2D eigenvalue weighted by molar-refractivity contribution is 5.87. The van der Waals surface area contributed by atoms with Crippen LogP contribution in [0.1, 0.15) is 13.3 Å². The van der Waals surface area contributed by atoms with E-state index in [-0.39, 0.29) is 18.6 Å². The van der Waals surface area contributed by atoms with E-state index in [0.29, 0.717) is 6.61 Å². The van der Waals surface area contributed by atoms with E-state index in [2.05, 4.69) is 10.3 Å². The molecule has 1 rings (SSSR count). The quantitative estimate of drug-likeness (QED) is 0.265. The van der Waals surface area contributed by atoms with E-state index >= 15 is 0 Å². The summed E-state index contributed by atoms with van der Waals surface area (Å²) in [5, 5.41) is 12.5. The van der Waals surface area contributed by atoms with Gasteiger partial charge >= 0.3 is 6.05 Å². The maximum Gasteiger partial charge on any atom is 0.571 e. The van der Waals surface area contributed by atoms with Crippen molar-refractivity contribution in [2.45, 2.75) is 25.5 Å². The lowest BCUT2D eigenvalue weighted by molar-refractivity contribution is -0.617. The van der Waals surface area contributed by atoms with Crippen LogP contribution in [0.15, 0.2) is 4.99 Å². The fourth-order valence-corrected chi connectivity index (χ4v) is 1.70. The molecule has 0 radical (unpaired) electrons. The molecule has 2 unspecified atom stereocenters. The number of amidine groups is 1. The summed E-state index contributed by atoms with van der Waals surface area (Å²) < 4.78 is 31.3. The third-order valence-corrected chi connectivity index (χ3v) is 2.58. The molecule has 8 heteroatoms. The second-order valence-corrected chi connectivity index (χ2v) is 4.00. The van der Waals surface area contributed by atoms with E-state index in [4.69, 9.17) is 4.74 Å². The van der Waals surface area contributed by atoms with Gasteiger partial charge in [-0.05, 0) is 13.3 Å². The van der Waals surface area contributed by atoms with Crippen molar-refractivity contribution in [3.63, 3.8) is 0 Å². The van der Waals surface area contributed by atoms with Crippen molar-refractivity contribution in [2.24, 2.45) is 10.9 Å². The minimum Gasteiger partial charge on any atom is -0.378 e. The molecular weight excluding hydrogens is 236 g/mol. The Balaban J connectivity index is 2.52. The molecule has 0 spiro atoms. The fourth-order valence-electron chi connectivity index (χ4n) is 1.70. The van der Waals surface area contributed by atoms with Crippen LogP contribution >= 0.6 is 0 Å². The smallest absolute Gasteiger partial charge is 0.378 e. The molecule has 0 aromatic carbocycles. The Morgan fingerprint density at radius 2 is 2.35 bits per heavy atom. The zero-order chi connectivity index (χ0) is 13.1. The second-order valence-electron chi connectivity index (χ2n) is 4.00. The molecule has 98 valence electrons. The Hall–Kier alpha value is -1.31. The van der Waals surface area contributed by atoms with Gasteiger partial charge in [-0.1, -0.05) is 0 Å². The van der Waals surface area contributed by atoms with Crippen molar-refractivity contribution in [2.75, 3.05) is 20.2 Å². The summed E-state index contributed by atoms with van der Waals surface area (Å²) in [6.45, 7) is 2.55.